The standard InChI is InChI=1S/C25H21N5O2/c1-15-19(17-7-3-5-9-22(17)30(15)2)14-26-29-25(32)16-11-12-20-21(13-16)28-24(27-20)18-8-4-6-10-23(18)31/h3-14,31H,1-2H3,(H,27,28)(H,29,32)/b26-14+. The minimum Gasteiger partial charge on any atom is -0.507 e. The van der Waals surface area contributed by atoms with Crippen LogP contribution in [0.1, 0.15) is 21.6 Å². The average molecular weight is 423 g/mol. The molecule has 5 rings (SSSR count). The van der Waals surface area contributed by atoms with Gasteiger partial charge in [-0.15, -0.1) is 0 Å². The van der Waals surface area contributed by atoms with E-state index in [1.165, 1.54) is 0 Å². The van der Waals surface area contributed by atoms with Crippen LogP contribution in [0, 0.1) is 6.92 Å². The summed E-state index contributed by atoms with van der Waals surface area (Å²) >= 11 is 0. The number of rotatable bonds is 4. The summed E-state index contributed by atoms with van der Waals surface area (Å²) < 4.78 is 2.10. The molecule has 0 aliphatic rings. The molecule has 0 spiro atoms. The molecule has 3 N–H and O–H groups in total. The van der Waals surface area contributed by atoms with Crippen LogP contribution in [0.3, 0.4) is 0 Å². The number of fused-ring (bicyclic) bond motifs is 2. The molecule has 2 heterocycles. The number of hydrogen-bond donors (Lipinski definition) is 3. The molecular weight excluding hydrogens is 402 g/mol. The maximum atomic E-state index is 12.7. The molecule has 0 radical (unpaired) electrons. The SMILES string of the molecule is Cc1c(/C=N/NC(=O)c2ccc3nc(-c4ccccc4O)[nH]c3c2)c2ccccc2n1C. The highest BCUT2D eigenvalue weighted by Gasteiger charge is 2.12. The van der Waals surface area contributed by atoms with Gasteiger partial charge in [-0.25, -0.2) is 10.4 Å². The molecule has 0 saturated heterocycles. The van der Waals surface area contributed by atoms with Gasteiger partial charge in [-0.2, -0.15) is 5.10 Å². The second-order valence-electron chi connectivity index (χ2n) is 7.61. The van der Waals surface area contributed by atoms with E-state index in [-0.39, 0.29) is 11.7 Å². The Kier molecular flexibility index (Phi) is 4.71. The van der Waals surface area contributed by atoms with Crippen molar-refractivity contribution in [2.45, 2.75) is 6.92 Å². The number of aryl methyl sites for hydroxylation is 1. The Morgan fingerprint density at radius 3 is 2.75 bits per heavy atom. The molecule has 0 aliphatic carbocycles. The molecule has 0 bridgehead atoms. The number of hydrogen-bond acceptors (Lipinski definition) is 4. The summed E-state index contributed by atoms with van der Waals surface area (Å²) in [6, 6.07) is 20.2. The Morgan fingerprint density at radius 1 is 1.12 bits per heavy atom. The van der Waals surface area contributed by atoms with Crippen molar-refractivity contribution in [1.82, 2.24) is 20.0 Å². The number of phenolic OH excluding ortho intramolecular Hbond substituents is 1. The van der Waals surface area contributed by atoms with E-state index in [2.05, 4.69) is 31.1 Å². The molecule has 0 saturated carbocycles. The van der Waals surface area contributed by atoms with E-state index in [4.69, 9.17) is 0 Å². The van der Waals surface area contributed by atoms with Gasteiger partial charge >= 0.3 is 0 Å². The number of aromatic nitrogens is 3. The predicted octanol–water partition coefficient (Wildman–Crippen LogP) is 4.50. The van der Waals surface area contributed by atoms with Crippen molar-refractivity contribution < 1.29 is 9.90 Å². The van der Waals surface area contributed by atoms with Crippen molar-refractivity contribution >= 4 is 34.1 Å². The number of benzene rings is 3. The number of para-hydroxylation sites is 2. The molecule has 3 aromatic carbocycles. The third-order valence-corrected chi connectivity index (χ3v) is 5.71. The summed E-state index contributed by atoms with van der Waals surface area (Å²) in [6.45, 7) is 2.03. The van der Waals surface area contributed by atoms with Gasteiger partial charge in [0.15, 0.2) is 0 Å². The number of imidazole rings is 1. The highest BCUT2D eigenvalue weighted by Crippen LogP contribution is 2.28. The first-order valence-electron chi connectivity index (χ1n) is 10.2. The lowest BCUT2D eigenvalue weighted by molar-refractivity contribution is 0.0955. The predicted molar refractivity (Wildman–Crippen MR) is 126 cm³/mol. The normalized spacial score (nSPS) is 11.6. The maximum absolute atomic E-state index is 12.7. The monoisotopic (exact) mass is 423 g/mol. The summed E-state index contributed by atoms with van der Waals surface area (Å²) in [6.07, 6.45) is 1.68. The van der Waals surface area contributed by atoms with Crippen LogP contribution in [0.5, 0.6) is 5.75 Å². The zero-order chi connectivity index (χ0) is 22.2. The van der Waals surface area contributed by atoms with Crippen molar-refractivity contribution in [3.05, 3.63) is 83.6 Å². The zero-order valence-electron chi connectivity index (χ0n) is 17.6. The fourth-order valence-electron chi connectivity index (χ4n) is 3.89. The summed E-state index contributed by atoms with van der Waals surface area (Å²) in [5, 5.41) is 15.3. The molecule has 32 heavy (non-hydrogen) atoms. The largest absolute Gasteiger partial charge is 0.507 e. The van der Waals surface area contributed by atoms with Crippen LogP contribution in [0.4, 0.5) is 0 Å². The first kappa shape index (κ1) is 19.6. The molecule has 0 aliphatic heterocycles. The molecule has 0 atom stereocenters. The second kappa shape index (κ2) is 7.70. The van der Waals surface area contributed by atoms with Gasteiger partial charge in [-0.3, -0.25) is 4.79 Å². The van der Waals surface area contributed by atoms with Gasteiger partial charge in [-0.1, -0.05) is 30.3 Å². The van der Waals surface area contributed by atoms with E-state index in [0.717, 1.165) is 22.2 Å². The number of aromatic amines is 1. The fourth-order valence-corrected chi connectivity index (χ4v) is 3.89. The average Bonchev–Trinajstić information content (AvgIpc) is 3.33. The molecule has 0 unspecified atom stereocenters. The van der Waals surface area contributed by atoms with Crippen LogP contribution in [0.15, 0.2) is 71.8 Å². The minimum absolute atomic E-state index is 0.141. The third kappa shape index (κ3) is 3.30. The van der Waals surface area contributed by atoms with Gasteiger partial charge in [0.05, 0.1) is 22.8 Å². The summed E-state index contributed by atoms with van der Waals surface area (Å²) in [5.41, 5.74) is 8.22. The summed E-state index contributed by atoms with van der Waals surface area (Å²) in [4.78, 5) is 20.3. The Morgan fingerprint density at radius 2 is 1.91 bits per heavy atom. The topological polar surface area (TPSA) is 95.3 Å². The summed E-state index contributed by atoms with van der Waals surface area (Å²) in [5.74, 6) is 0.363. The number of nitrogens with zero attached hydrogens (tertiary/aromatic N) is 3. The van der Waals surface area contributed by atoms with Gasteiger partial charge in [-0.05, 0) is 43.3 Å². The van der Waals surface area contributed by atoms with Crippen LogP contribution >= 0.6 is 0 Å². The molecule has 5 aromatic rings. The highest BCUT2D eigenvalue weighted by atomic mass is 16.3. The Balaban J connectivity index is 1.39. The number of carbonyl (C=O) groups excluding carboxylic acids is 1. The lowest BCUT2D eigenvalue weighted by Crippen LogP contribution is -2.17. The Hall–Kier alpha value is -4.39. The Labute approximate surface area is 184 Å². The molecule has 2 aromatic heterocycles. The Bertz CT molecular complexity index is 1510. The molecule has 7 nitrogen and oxygen atoms in total. The van der Waals surface area contributed by atoms with E-state index in [1.807, 2.05) is 38.2 Å². The van der Waals surface area contributed by atoms with Crippen LogP contribution in [-0.4, -0.2) is 31.8 Å². The van der Waals surface area contributed by atoms with Gasteiger partial charge in [0.25, 0.3) is 5.91 Å². The van der Waals surface area contributed by atoms with Gasteiger partial charge in [0.2, 0.25) is 0 Å². The van der Waals surface area contributed by atoms with E-state index in [0.29, 0.717) is 28.0 Å². The first-order chi connectivity index (χ1) is 15.5. The molecule has 1 amide bonds. The van der Waals surface area contributed by atoms with Crippen LogP contribution in [0.2, 0.25) is 0 Å². The molecule has 0 fully saturated rings. The highest BCUT2D eigenvalue weighted by molar-refractivity contribution is 6.02. The van der Waals surface area contributed by atoms with Crippen LogP contribution < -0.4 is 5.43 Å². The number of nitrogens with one attached hydrogen (secondary N) is 2. The van der Waals surface area contributed by atoms with Crippen LogP contribution in [-0.2, 0) is 7.05 Å². The smallest absolute Gasteiger partial charge is 0.271 e. The maximum Gasteiger partial charge on any atom is 0.271 e. The van der Waals surface area contributed by atoms with Crippen molar-refractivity contribution in [2.75, 3.05) is 0 Å². The number of phenols is 1. The second-order valence-corrected chi connectivity index (χ2v) is 7.61. The van der Waals surface area contributed by atoms with Gasteiger partial charge in [0, 0.05) is 34.8 Å². The molecular formula is C25H21N5O2. The van der Waals surface area contributed by atoms with Crippen LogP contribution in [0.25, 0.3) is 33.3 Å². The first-order valence-corrected chi connectivity index (χ1v) is 10.2. The molecule has 158 valence electrons. The lowest BCUT2D eigenvalue weighted by atomic mass is 10.1. The van der Waals surface area contributed by atoms with E-state index >= 15 is 0 Å². The lowest BCUT2D eigenvalue weighted by Gasteiger charge is -2.00. The van der Waals surface area contributed by atoms with E-state index in [9.17, 15) is 9.90 Å². The van der Waals surface area contributed by atoms with Gasteiger partial charge in [0.1, 0.15) is 11.6 Å². The zero-order valence-corrected chi connectivity index (χ0v) is 17.6. The van der Waals surface area contributed by atoms with Crippen molar-refractivity contribution in [3.8, 4) is 17.1 Å². The van der Waals surface area contributed by atoms with E-state index < -0.39 is 0 Å². The fraction of sp³-hybridized carbons (Fsp3) is 0.0800. The van der Waals surface area contributed by atoms with Gasteiger partial charge < -0.3 is 14.7 Å². The van der Waals surface area contributed by atoms with Crippen molar-refractivity contribution in [2.24, 2.45) is 12.1 Å². The third-order valence-electron chi connectivity index (χ3n) is 5.71. The van der Waals surface area contributed by atoms with Crippen molar-refractivity contribution in [1.29, 1.82) is 0 Å². The van der Waals surface area contributed by atoms with E-state index in [1.54, 1.807) is 42.6 Å². The number of H-pyrrole nitrogens is 1. The number of aromatic hydroxyl groups is 1. The van der Waals surface area contributed by atoms with Crippen molar-refractivity contribution in [3.63, 3.8) is 0 Å². The quantitative estimate of drug-likeness (QED) is 0.293. The number of carbonyl (C=O) groups is 1. The number of hydrazone groups is 1. The minimum atomic E-state index is -0.320. The summed E-state index contributed by atoms with van der Waals surface area (Å²) in [7, 11) is 2.01. The number of amides is 1. The molecule has 7 heteroatoms.